The molecule has 5 nitrogen and oxygen atoms in total. The summed E-state index contributed by atoms with van der Waals surface area (Å²) < 4.78 is 0. The number of Topliss-reactive ketones (excluding diaryl/α,β-unsaturated/α-hetero) is 1. The first-order valence-electron chi connectivity index (χ1n) is 5.77. The fourth-order valence-corrected chi connectivity index (χ4v) is 3.04. The Morgan fingerprint density at radius 1 is 1.30 bits per heavy atom. The maximum Gasteiger partial charge on any atom is 0.181 e. The average molecular weight is 305 g/mol. The monoisotopic (exact) mass is 304 g/mol. The van der Waals surface area contributed by atoms with Gasteiger partial charge in [-0.15, -0.1) is 0 Å². The van der Waals surface area contributed by atoms with Crippen LogP contribution in [0.25, 0.3) is 11.2 Å². The van der Waals surface area contributed by atoms with E-state index in [4.69, 9.17) is 11.6 Å². The summed E-state index contributed by atoms with van der Waals surface area (Å²) in [5.41, 5.74) is 1.92. The van der Waals surface area contributed by atoms with Crippen LogP contribution < -0.4 is 0 Å². The first kappa shape index (κ1) is 13.1. The van der Waals surface area contributed by atoms with Crippen molar-refractivity contribution in [1.82, 2.24) is 19.9 Å². The van der Waals surface area contributed by atoms with Gasteiger partial charge in [0.15, 0.2) is 11.4 Å². The molecule has 100 valence electrons. The summed E-state index contributed by atoms with van der Waals surface area (Å²) >= 11 is 7.54. The molecule has 0 spiro atoms. The Labute approximate surface area is 123 Å². The minimum absolute atomic E-state index is 0.0513. The smallest absolute Gasteiger partial charge is 0.181 e. The van der Waals surface area contributed by atoms with E-state index in [1.165, 1.54) is 25.0 Å². The summed E-state index contributed by atoms with van der Waals surface area (Å²) in [7, 11) is 0. The van der Waals surface area contributed by atoms with Gasteiger partial charge in [-0.25, -0.2) is 15.0 Å². The molecule has 0 unspecified atom stereocenters. The third-order valence-corrected chi connectivity index (χ3v) is 4.03. The molecule has 0 amide bonds. The number of nitrogens with one attached hydrogen (secondary N) is 1. The Kier molecular flexibility index (Phi) is 3.42. The lowest BCUT2D eigenvalue weighted by Gasteiger charge is -2.04. The molecule has 0 atom stereocenters. The van der Waals surface area contributed by atoms with Gasteiger partial charge in [0.2, 0.25) is 0 Å². The van der Waals surface area contributed by atoms with Crippen molar-refractivity contribution in [3.8, 4) is 0 Å². The zero-order valence-electron chi connectivity index (χ0n) is 10.4. The number of fused-ring (bicyclic) bond motifs is 1. The van der Waals surface area contributed by atoms with Crippen LogP contribution >= 0.6 is 23.4 Å². The van der Waals surface area contributed by atoms with Gasteiger partial charge < -0.3 is 4.98 Å². The molecule has 2 aromatic heterocycles. The fourth-order valence-electron chi connectivity index (χ4n) is 1.78. The highest BCUT2D eigenvalue weighted by Crippen LogP contribution is 2.32. The molecule has 0 bridgehead atoms. The Morgan fingerprint density at radius 2 is 2.15 bits per heavy atom. The number of hydrogen-bond acceptors (Lipinski definition) is 5. The minimum Gasteiger partial charge on any atom is -0.341 e. The molecule has 0 aliphatic carbocycles. The highest BCUT2D eigenvalue weighted by Gasteiger charge is 2.10. The topological polar surface area (TPSA) is 71.5 Å². The maximum atomic E-state index is 11.4. The van der Waals surface area contributed by atoms with E-state index in [1.807, 2.05) is 6.07 Å². The van der Waals surface area contributed by atoms with Gasteiger partial charge in [0, 0.05) is 10.5 Å². The van der Waals surface area contributed by atoms with Crippen molar-refractivity contribution < 1.29 is 4.79 Å². The molecular weight excluding hydrogens is 296 g/mol. The highest BCUT2D eigenvalue weighted by atomic mass is 35.5. The van der Waals surface area contributed by atoms with Crippen molar-refractivity contribution in [2.24, 2.45) is 0 Å². The Bertz CT molecular complexity index is 802. The molecular formula is C13H9ClN4OS. The number of halogens is 1. The van der Waals surface area contributed by atoms with Crippen LogP contribution in [-0.2, 0) is 0 Å². The molecule has 0 fully saturated rings. The number of carbonyl (C=O) groups is 1. The Balaban J connectivity index is 1.97. The SMILES string of the molecule is CC(=O)c1ccc(Sc2ncnc3nc[nH]c23)cc1Cl. The fraction of sp³-hybridized carbons (Fsp3) is 0.0769. The van der Waals surface area contributed by atoms with Gasteiger partial charge in [-0.2, -0.15) is 0 Å². The molecule has 3 aromatic rings. The van der Waals surface area contributed by atoms with Crippen LogP contribution in [0, 0.1) is 0 Å². The Hall–Kier alpha value is -1.92. The third kappa shape index (κ3) is 2.39. The van der Waals surface area contributed by atoms with Gasteiger partial charge in [-0.3, -0.25) is 4.79 Å². The first-order chi connectivity index (χ1) is 9.65. The van der Waals surface area contributed by atoms with Crippen molar-refractivity contribution in [2.45, 2.75) is 16.8 Å². The lowest BCUT2D eigenvalue weighted by atomic mass is 10.1. The van der Waals surface area contributed by atoms with Crippen molar-refractivity contribution in [2.75, 3.05) is 0 Å². The van der Waals surface area contributed by atoms with Crippen molar-refractivity contribution in [3.05, 3.63) is 41.4 Å². The van der Waals surface area contributed by atoms with E-state index >= 15 is 0 Å². The number of rotatable bonds is 3. The van der Waals surface area contributed by atoms with Crippen LogP contribution in [0.5, 0.6) is 0 Å². The summed E-state index contributed by atoms with van der Waals surface area (Å²) in [5, 5.41) is 1.21. The van der Waals surface area contributed by atoms with E-state index < -0.39 is 0 Å². The standard InChI is InChI=1S/C13H9ClN4OS/c1-7(19)9-3-2-8(4-10(9)14)20-13-11-12(16-5-15-11)17-6-18-13/h2-6H,1H3,(H,15,16,17,18). The van der Waals surface area contributed by atoms with Crippen LogP contribution in [0.1, 0.15) is 17.3 Å². The number of hydrogen-bond donors (Lipinski definition) is 1. The first-order valence-corrected chi connectivity index (χ1v) is 6.97. The number of carbonyl (C=O) groups excluding carboxylic acids is 1. The maximum absolute atomic E-state index is 11.4. The zero-order chi connectivity index (χ0) is 14.1. The van der Waals surface area contributed by atoms with Gasteiger partial charge in [0.25, 0.3) is 0 Å². The van der Waals surface area contributed by atoms with Gasteiger partial charge in [0.1, 0.15) is 16.9 Å². The molecule has 0 saturated carbocycles. The van der Waals surface area contributed by atoms with Crippen LogP contribution in [-0.4, -0.2) is 25.7 Å². The van der Waals surface area contributed by atoms with Gasteiger partial charge in [0.05, 0.1) is 11.3 Å². The summed E-state index contributed by atoms with van der Waals surface area (Å²) in [6, 6.07) is 5.32. The van der Waals surface area contributed by atoms with E-state index in [2.05, 4.69) is 19.9 Å². The molecule has 2 heterocycles. The molecule has 1 N–H and O–H groups in total. The second-order valence-corrected chi connectivity index (χ2v) is 5.55. The van der Waals surface area contributed by atoms with Crippen molar-refractivity contribution >= 4 is 40.3 Å². The number of aromatic amines is 1. The lowest BCUT2D eigenvalue weighted by molar-refractivity contribution is 0.101. The Morgan fingerprint density at radius 3 is 2.90 bits per heavy atom. The van der Waals surface area contributed by atoms with Crippen LogP contribution in [0.4, 0.5) is 0 Å². The lowest BCUT2D eigenvalue weighted by Crippen LogP contribution is -1.93. The zero-order valence-corrected chi connectivity index (χ0v) is 12.0. The largest absolute Gasteiger partial charge is 0.341 e. The minimum atomic E-state index is -0.0513. The third-order valence-electron chi connectivity index (χ3n) is 2.72. The molecule has 1 aromatic carbocycles. The van der Waals surface area contributed by atoms with Crippen molar-refractivity contribution in [3.63, 3.8) is 0 Å². The second-order valence-electron chi connectivity index (χ2n) is 4.08. The predicted octanol–water partition coefficient (Wildman–Crippen LogP) is 3.36. The van der Waals surface area contributed by atoms with Gasteiger partial charge in [-0.1, -0.05) is 23.4 Å². The van der Waals surface area contributed by atoms with Gasteiger partial charge >= 0.3 is 0 Å². The van der Waals surface area contributed by atoms with Crippen LogP contribution in [0.2, 0.25) is 5.02 Å². The molecule has 0 radical (unpaired) electrons. The number of benzene rings is 1. The van der Waals surface area contributed by atoms with E-state index in [-0.39, 0.29) is 5.78 Å². The molecule has 20 heavy (non-hydrogen) atoms. The van der Waals surface area contributed by atoms with E-state index in [9.17, 15) is 4.79 Å². The number of nitrogens with zero attached hydrogens (tertiary/aromatic N) is 3. The van der Waals surface area contributed by atoms with E-state index in [0.29, 0.717) is 16.2 Å². The van der Waals surface area contributed by atoms with E-state index in [0.717, 1.165) is 15.4 Å². The molecule has 7 heteroatoms. The number of aromatic nitrogens is 4. The number of H-pyrrole nitrogens is 1. The highest BCUT2D eigenvalue weighted by molar-refractivity contribution is 7.99. The average Bonchev–Trinajstić information content (AvgIpc) is 2.87. The second kappa shape index (κ2) is 5.22. The van der Waals surface area contributed by atoms with Crippen molar-refractivity contribution in [1.29, 1.82) is 0 Å². The molecule has 0 saturated heterocycles. The van der Waals surface area contributed by atoms with Crippen LogP contribution in [0.3, 0.4) is 0 Å². The summed E-state index contributed by atoms with van der Waals surface area (Å²) in [4.78, 5) is 27.6. The van der Waals surface area contributed by atoms with Gasteiger partial charge in [-0.05, 0) is 25.1 Å². The summed E-state index contributed by atoms with van der Waals surface area (Å²) in [6.07, 6.45) is 3.05. The normalized spacial score (nSPS) is 10.9. The van der Waals surface area contributed by atoms with E-state index in [1.54, 1.807) is 18.5 Å². The summed E-state index contributed by atoms with van der Waals surface area (Å²) in [5.74, 6) is -0.0513. The number of ketones is 1. The predicted molar refractivity (Wildman–Crippen MR) is 77.3 cm³/mol. The quantitative estimate of drug-likeness (QED) is 0.593. The number of imidazole rings is 1. The molecule has 0 aliphatic heterocycles. The molecule has 0 aliphatic rings. The van der Waals surface area contributed by atoms with Crippen LogP contribution in [0.15, 0.2) is 40.8 Å². The summed E-state index contributed by atoms with van der Waals surface area (Å²) in [6.45, 7) is 1.49. The molecule has 3 rings (SSSR count).